The molecule has 1 aromatic heterocycles. The van der Waals surface area contributed by atoms with Crippen molar-refractivity contribution < 1.29 is 19.8 Å². The maximum atomic E-state index is 11.8. The second-order valence-electron chi connectivity index (χ2n) is 5.67. The average molecular weight is 332 g/mol. The largest absolute Gasteiger partial charge is 0.481 e. The van der Waals surface area contributed by atoms with Crippen molar-refractivity contribution in [2.45, 2.75) is 38.0 Å². The van der Waals surface area contributed by atoms with Gasteiger partial charge in [-0.3, -0.25) is 9.59 Å². The second kappa shape index (κ2) is 8.76. The van der Waals surface area contributed by atoms with Crippen LogP contribution in [0.3, 0.4) is 0 Å². The minimum absolute atomic E-state index is 0.0412. The van der Waals surface area contributed by atoms with Crippen LogP contribution in [0.15, 0.2) is 30.3 Å². The van der Waals surface area contributed by atoms with Crippen LogP contribution in [-0.4, -0.2) is 42.8 Å². The first-order chi connectivity index (χ1) is 11.6. The lowest BCUT2D eigenvalue weighted by atomic mass is 9.83. The van der Waals surface area contributed by atoms with E-state index in [1.165, 1.54) is 0 Å². The predicted octanol–water partition coefficient (Wildman–Crippen LogP) is 1.87. The predicted molar refractivity (Wildman–Crippen MR) is 84.3 cm³/mol. The highest BCUT2D eigenvalue weighted by Gasteiger charge is 2.31. The average Bonchev–Trinajstić information content (AvgIpc) is 3.08. The highest BCUT2D eigenvalue weighted by Crippen LogP contribution is 2.30. The number of nitrogens with zero attached hydrogens (tertiary/aromatic N) is 3. The van der Waals surface area contributed by atoms with Gasteiger partial charge in [0.2, 0.25) is 0 Å². The molecular weight excluding hydrogens is 312 g/mol. The molecular formula is C16H20N4O4. The molecule has 0 fully saturated rings. The molecule has 0 saturated heterocycles. The topological polar surface area (TPSA) is 129 Å². The molecule has 2 rings (SSSR count). The summed E-state index contributed by atoms with van der Waals surface area (Å²) in [6.07, 6.45) is 1.88. The first-order valence-corrected chi connectivity index (χ1v) is 7.80. The molecule has 2 aromatic rings. The van der Waals surface area contributed by atoms with Crippen molar-refractivity contribution in [1.29, 1.82) is 0 Å². The molecule has 0 aliphatic rings. The zero-order valence-electron chi connectivity index (χ0n) is 13.1. The molecule has 1 aromatic carbocycles. The van der Waals surface area contributed by atoms with Crippen LogP contribution in [0.5, 0.6) is 0 Å². The van der Waals surface area contributed by atoms with E-state index in [2.05, 4.69) is 20.6 Å². The normalized spacial score (nSPS) is 13.3. The molecule has 0 aliphatic heterocycles. The third-order valence-corrected chi connectivity index (χ3v) is 3.97. The summed E-state index contributed by atoms with van der Waals surface area (Å²) < 4.78 is 0. The minimum atomic E-state index is -0.928. The van der Waals surface area contributed by atoms with E-state index in [1.807, 2.05) is 30.3 Å². The van der Waals surface area contributed by atoms with E-state index in [0.29, 0.717) is 31.5 Å². The van der Waals surface area contributed by atoms with E-state index in [9.17, 15) is 14.7 Å². The number of unbranched alkanes of at least 4 members (excludes halogenated alkanes) is 1. The van der Waals surface area contributed by atoms with Gasteiger partial charge in [-0.2, -0.15) is 0 Å². The van der Waals surface area contributed by atoms with Crippen molar-refractivity contribution in [1.82, 2.24) is 20.6 Å². The number of carboxylic acid groups (broad SMARTS) is 2. The van der Waals surface area contributed by atoms with Gasteiger partial charge in [0, 0.05) is 12.3 Å². The van der Waals surface area contributed by atoms with E-state index in [1.54, 1.807) is 0 Å². The Morgan fingerprint density at radius 1 is 1.12 bits per heavy atom. The number of carboxylic acids is 2. The fourth-order valence-corrected chi connectivity index (χ4v) is 2.76. The summed E-state index contributed by atoms with van der Waals surface area (Å²) in [4.78, 5) is 22.3. The third-order valence-electron chi connectivity index (χ3n) is 3.97. The summed E-state index contributed by atoms with van der Waals surface area (Å²) in [5.41, 5.74) is 0.996. The number of aromatic amines is 1. The van der Waals surface area contributed by atoms with Gasteiger partial charge in [0.25, 0.3) is 0 Å². The first-order valence-electron chi connectivity index (χ1n) is 7.80. The van der Waals surface area contributed by atoms with E-state index < -0.39 is 23.8 Å². The van der Waals surface area contributed by atoms with E-state index >= 15 is 0 Å². The molecule has 0 saturated carbocycles. The molecule has 0 radical (unpaired) electrons. The van der Waals surface area contributed by atoms with Crippen molar-refractivity contribution >= 4 is 11.9 Å². The number of rotatable bonds is 10. The number of H-pyrrole nitrogens is 1. The van der Waals surface area contributed by atoms with Gasteiger partial charge in [0.15, 0.2) is 5.82 Å². The van der Waals surface area contributed by atoms with Crippen LogP contribution in [0.1, 0.15) is 43.0 Å². The summed E-state index contributed by atoms with van der Waals surface area (Å²) >= 11 is 0. The molecule has 0 unspecified atom stereocenters. The Morgan fingerprint density at radius 2 is 1.88 bits per heavy atom. The van der Waals surface area contributed by atoms with Crippen molar-refractivity contribution in [3.8, 4) is 0 Å². The zero-order chi connectivity index (χ0) is 17.4. The van der Waals surface area contributed by atoms with Crippen LogP contribution in [0.2, 0.25) is 0 Å². The Labute approximate surface area is 138 Å². The van der Waals surface area contributed by atoms with Gasteiger partial charge in [0.1, 0.15) is 0 Å². The number of tetrazole rings is 1. The third kappa shape index (κ3) is 5.15. The van der Waals surface area contributed by atoms with Gasteiger partial charge in [-0.1, -0.05) is 36.8 Å². The molecule has 2 atom stereocenters. The van der Waals surface area contributed by atoms with Gasteiger partial charge >= 0.3 is 11.9 Å². The molecule has 0 spiro atoms. The van der Waals surface area contributed by atoms with Crippen LogP contribution < -0.4 is 0 Å². The van der Waals surface area contributed by atoms with Crippen molar-refractivity contribution in [3.05, 3.63) is 41.7 Å². The second-order valence-corrected chi connectivity index (χ2v) is 5.67. The number of aromatic nitrogens is 4. The van der Waals surface area contributed by atoms with Gasteiger partial charge in [-0.15, -0.1) is 5.10 Å². The van der Waals surface area contributed by atoms with Gasteiger partial charge < -0.3 is 10.2 Å². The fourth-order valence-electron chi connectivity index (χ4n) is 2.76. The highest BCUT2D eigenvalue weighted by molar-refractivity contribution is 5.71. The number of aliphatic carboxylic acids is 2. The smallest absolute Gasteiger partial charge is 0.307 e. The minimum Gasteiger partial charge on any atom is -0.481 e. The van der Waals surface area contributed by atoms with Crippen LogP contribution in [0.4, 0.5) is 0 Å². The van der Waals surface area contributed by atoms with Crippen LogP contribution in [0.25, 0.3) is 0 Å². The molecule has 3 N–H and O–H groups in total. The molecule has 8 heteroatoms. The summed E-state index contributed by atoms with van der Waals surface area (Å²) in [5.74, 6) is -2.45. The Hall–Kier alpha value is -2.77. The monoisotopic (exact) mass is 332 g/mol. The number of carbonyl (C=O) groups is 2. The van der Waals surface area contributed by atoms with Crippen LogP contribution in [0, 0.1) is 5.92 Å². The van der Waals surface area contributed by atoms with Gasteiger partial charge in [0.05, 0.1) is 5.92 Å². The zero-order valence-corrected chi connectivity index (χ0v) is 13.1. The van der Waals surface area contributed by atoms with E-state index in [-0.39, 0.29) is 6.42 Å². The maximum Gasteiger partial charge on any atom is 0.307 e. The molecule has 8 nitrogen and oxygen atoms in total. The molecule has 128 valence electrons. The lowest BCUT2D eigenvalue weighted by Crippen LogP contribution is -2.25. The summed E-state index contributed by atoms with van der Waals surface area (Å²) in [7, 11) is 0. The number of hydrogen-bond acceptors (Lipinski definition) is 5. The Morgan fingerprint density at radius 3 is 2.46 bits per heavy atom. The Balaban J connectivity index is 2.12. The maximum absolute atomic E-state index is 11.8. The molecule has 24 heavy (non-hydrogen) atoms. The van der Waals surface area contributed by atoms with Crippen molar-refractivity contribution in [2.75, 3.05) is 0 Å². The number of nitrogens with one attached hydrogen (secondary N) is 1. The SMILES string of the molecule is O=C(O)CCCC[C@H](C(=O)O)[C@H](Cc1ccccc1)c1nnn[nH]1. The number of hydrogen-bond donors (Lipinski definition) is 3. The Bertz CT molecular complexity index is 645. The fraction of sp³-hybridized carbons (Fsp3) is 0.438. The summed E-state index contributed by atoms with van der Waals surface area (Å²) in [5, 5.41) is 32.0. The highest BCUT2D eigenvalue weighted by atomic mass is 16.4. The summed E-state index contributed by atoms with van der Waals surface area (Å²) in [6, 6.07) is 9.55. The van der Waals surface area contributed by atoms with Crippen molar-refractivity contribution in [3.63, 3.8) is 0 Å². The van der Waals surface area contributed by atoms with Crippen molar-refractivity contribution in [2.24, 2.45) is 5.92 Å². The molecule has 0 aliphatic carbocycles. The lowest BCUT2D eigenvalue weighted by Gasteiger charge is -2.21. The quantitative estimate of drug-likeness (QED) is 0.566. The van der Waals surface area contributed by atoms with E-state index in [0.717, 1.165) is 5.56 Å². The van der Waals surface area contributed by atoms with Gasteiger partial charge in [-0.25, -0.2) is 5.10 Å². The van der Waals surface area contributed by atoms with E-state index in [4.69, 9.17) is 5.11 Å². The van der Waals surface area contributed by atoms with Gasteiger partial charge in [-0.05, 0) is 35.3 Å². The Kier molecular flexibility index (Phi) is 6.41. The number of benzene rings is 1. The summed E-state index contributed by atoms with van der Waals surface area (Å²) in [6.45, 7) is 0. The van der Waals surface area contributed by atoms with Crippen LogP contribution >= 0.6 is 0 Å². The standard InChI is InChI=1S/C16H20N4O4/c21-14(22)9-5-4-8-12(16(23)24)13(15-17-19-20-18-15)10-11-6-2-1-3-7-11/h1-3,6-7,12-13H,4-5,8-10H2,(H,21,22)(H,23,24)(H,17,18,19,20)/t12-,13-/m0/s1. The molecule has 1 heterocycles. The molecule has 0 bridgehead atoms. The first kappa shape index (κ1) is 17.6. The lowest BCUT2D eigenvalue weighted by molar-refractivity contribution is -0.143. The molecule has 0 amide bonds. The van der Waals surface area contributed by atoms with Crippen LogP contribution in [-0.2, 0) is 16.0 Å².